The fourth-order valence-corrected chi connectivity index (χ4v) is 1.08. The molecular weight excluding hydrogens is 214 g/mol. The second-order valence-electron chi connectivity index (χ2n) is 5.17. The molecule has 3 nitrogen and oxygen atoms in total. The number of nitrogens with two attached hydrogens (primary N) is 1. The van der Waals surface area contributed by atoms with Crippen molar-refractivity contribution >= 4 is 0 Å². The molecule has 0 saturated carbocycles. The van der Waals surface area contributed by atoms with Gasteiger partial charge in [0, 0.05) is 13.2 Å². The van der Waals surface area contributed by atoms with Crippen molar-refractivity contribution in [3.05, 3.63) is 0 Å². The summed E-state index contributed by atoms with van der Waals surface area (Å²) in [6.45, 7) is 16.4. The van der Waals surface area contributed by atoms with Crippen molar-refractivity contribution in [3.8, 4) is 0 Å². The van der Waals surface area contributed by atoms with Gasteiger partial charge in [-0.3, -0.25) is 0 Å². The maximum absolute atomic E-state index is 5.72. The van der Waals surface area contributed by atoms with Gasteiger partial charge >= 0.3 is 0 Å². The highest BCUT2D eigenvalue weighted by Crippen LogP contribution is 2.17. The number of hydrogen-bond acceptors (Lipinski definition) is 3. The van der Waals surface area contributed by atoms with Crippen molar-refractivity contribution in [3.63, 3.8) is 0 Å². The van der Waals surface area contributed by atoms with Crippen LogP contribution in [0.1, 0.15) is 61.3 Å². The largest absolute Gasteiger partial charge is 0.375 e. The van der Waals surface area contributed by atoms with E-state index in [1.54, 1.807) is 0 Å². The van der Waals surface area contributed by atoms with E-state index in [2.05, 4.69) is 20.8 Å². The van der Waals surface area contributed by atoms with Crippen LogP contribution in [0.3, 0.4) is 0 Å². The summed E-state index contributed by atoms with van der Waals surface area (Å²) in [5.41, 5.74) is 5.26. The predicted octanol–water partition coefficient (Wildman–Crippen LogP) is 3.36. The monoisotopic (exact) mass is 247 g/mol. The van der Waals surface area contributed by atoms with E-state index in [1.165, 1.54) is 0 Å². The maximum Gasteiger partial charge on any atom is 0.0748 e. The lowest BCUT2D eigenvalue weighted by molar-refractivity contribution is -0.0688. The normalized spacial score (nSPS) is 12.0. The van der Waals surface area contributed by atoms with Gasteiger partial charge < -0.3 is 15.2 Å². The van der Waals surface area contributed by atoms with Crippen molar-refractivity contribution in [2.75, 3.05) is 19.8 Å². The first-order valence-corrected chi connectivity index (χ1v) is 6.81. The Morgan fingerprint density at radius 1 is 0.882 bits per heavy atom. The lowest BCUT2D eigenvalue weighted by atomic mass is 10.1. The summed E-state index contributed by atoms with van der Waals surface area (Å²) in [5.74, 6) is 0. The molecule has 0 aromatic heterocycles. The van der Waals surface area contributed by atoms with Crippen LogP contribution in [0, 0.1) is 0 Å². The molecular formula is C14H33NO2. The Morgan fingerprint density at radius 3 is 1.76 bits per heavy atom. The summed E-state index contributed by atoms with van der Waals surface area (Å²) in [4.78, 5) is 0. The average molecular weight is 247 g/mol. The second kappa shape index (κ2) is 9.86. The van der Waals surface area contributed by atoms with Crippen LogP contribution in [0.25, 0.3) is 0 Å². The Hall–Kier alpha value is -0.120. The quantitative estimate of drug-likeness (QED) is 0.715. The molecule has 0 bridgehead atoms. The third-order valence-corrected chi connectivity index (χ3v) is 2.39. The summed E-state index contributed by atoms with van der Waals surface area (Å²) in [5, 5.41) is 0. The van der Waals surface area contributed by atoms with E-state index < -0.39 is 0 Å². The van der Waals surface area contributed by atoms with Crippen LogP contribution in [0.4, 0.5) is 0 Å². The van der Waals surface area contributed by atoms with Crippen molar-refractivity contribution in [1.82, 2.24) is 0 Å². The molecule has 3 heteroatoms. The zero-order valence-electron chi connectivity index (χ0n) is 12.9. The molecule has 2 N–H and O–H groups in total. The first-order chi connectivity index (χ1) is 7.83. The summed E-state index contributed by atoms with van der Waals surface area (Å²) in [6.07, 6.45) is 1.95. The zero-order chi connectivity index (χ0) is 13.9. The molecule has 0 amide bonds. The SMILES string of the molecule is CC.CCCOC(C)(C)CCOC(C)(C)CN. The summed E-state index contributed by atoms with van der Waals surface area (Å²) >= 11 is 0. The number of hydrogen-bond donors (Lipinski definition) is 1. The minimum absolute atomic E-state index is 0.0965. The van der Waals surface area contributed by atoms with E-state index >= 15 is 0 Å². The number of ether oxygens (including phenoxy) is 2. The lowest BCUT2D eigenvalue weighted by Crippen LogP contribution is -2.36. The Balaban J connectivity index is 0. The van der Waals surface area contributed by atoms with Crippen LogP contribution in [-0.4, -0.2) is 31.0 Å². The van der Waals surface area contributed by atoms with E-state index in [0.29, 0.717) is 13.2 Å². The maximum atomic E-state index is 5.72. The van der Waals surface area contributed by atoms with Crippen LogP contribution in [-0.2, 0) is 9.47 Å². The molecule has 0 aliphatic heterocycles. The summed E-state index contributed by atoms with van der Waals surface area (Å²) in [7, 11) is 0. The van der Waals surface area contributed by atoms with Gasteiger partial charge in [-0.25, -0.2) is 0 Å². The van der Waals surface area contributed by atoms with Crippen LogP contribution in [0.15, 0.2) is 0 Å². The topological polar surface area (TPSA) is 44.5 Å². The van der Waals surface area contributed by atoms with Gasteiger partial charge in [-0.1, -0.05) is 20.8 Å². The molecule has 0 aromatic carbocycles. The van der Waals surface area contributed by atoms with E-state index in [4.69, 9.17) is 15.2 Å². The standard InChI is InChI=1S/C12H27NO2.C2H6/c1-6-8-14-11(2,3)7-9-15-12(4,5)10-13;1-2/h6-10,13H2,1-5H3;1-2H3. The van der Waals surface area contributed by atoms with Gasteiger partial charge in [0.15, 0.2) is 0 Å². The van der Waals surface area contributed by atoms with Gasteiger partial charge in [0.2, 0.25) is 0 Å². The highest BCUT2D eigenvalue weighted by atomic mass is 16.5. The summed E-state index contributed by atoms with van der Waals surface area (Å²) < 4.78 is 11.4. The first kappa shape index (κ1) is 19.2. The average Bonchev–Trinajstić information content (AvgIpc) is 2.29. The molecule has 0 unspecified atom stereocenters. The van der Waals surface area contributed by atoms with Gasteiger partial charge in [-0.2, -0.15) is 0 Å². The van der Waals surface area contributed by atoms with E-state index in [1.807, 2.05) is 27.7 Å². The minimum atomic E-state index is -0.221. The van der Waals surface area contributed by atoms with Gasteiger partial charge in [0.05, 0.1) is 17.8 Å². The smallest absolute Gasteiger partial charge is 0.0748 e. The van der Waals surface area contributed by atoms with Crippen LogP contribution in [0.5, 0.6) is 0 Å². The number of rotatable bonds is 8. The molecule has 0 fully saturated rings. The molecule has 0 rings (SSSR count). The molecule has 106 valence electrons. The van der Waals surface area contributed by atoms with E-state index in [-0.39, 0.29) is 11.2 Å². The van der Waals surface area contributed by atoms with Crippen molar-refractivity contribution < 1.29 is 9.47 Å². The molecule has 0 saturated heterocycles. The molecule has 0 radical (unpaired) electrons. The van der Waals surface area contributed by atoms with E-state index in [9.17, 15) is 0 Å². The van der Waals surface area contributed by atoms with Gasteiger partial charge in [0.1, 0.15) is 0 Å². The molecule has 0 atom stereocenters. The fraction of sp³-hybridized carbons (Fsp3) is 1.00. The van der Waals surface area contributed by atoms with Crippen molar-refractivity contribution in [1.29, 1.82) is 0 Å². The van der Waals surface area contributed by atoms with Crippen LogP contribution in [0.2, 0.25) is 0 Å². The van der Waals surface area contributed by atoms with Crippen molar-refractivity contribution in [2.24, 2.45) is 5.73 Å². The predicted molar refractivity (Wildman–Crippen MR) is 75.4 cm³/mol. The Kier molecular flexibility index (Phi) is 11.2. The zero-order valence-corrected chi connectivity index (χ0v) is 12.9. The minimum Gasteiger partial charge on any atom is -0.375 e. The first-order valence-electron chi connectivity index (χ1n) is 6.81. The molecule has 0 spiro atoms. The Morgan fingerprint density at radius 2 is 1.35 bits per heavy atom. The molecule has 17 heavy (non-hydrogen) atoms. The summed E-state index contributed by atoms with van der Waals surface area (Å²) in [6, 6.07) is 0. The molecule has 0 aliphatic carbocycles. The highest BCUT2D eigenvalue weighted by molar-refractivity contribution is 4.72. The van der Waals surface area contributed by atoms with Crippen LogP contribution < -0.4 is 5.73 Å². The lowest BCUT2D eigenvalue weighted by Gasteiger charge is -2.28. The molecule has 0 heterocycles. The Labute approximate surface area is 108 Å². The molecule has 0 aromatic rings. The van der Waals surface area contributed by atoms with Crippen molar-refractivity contribution in [2.45, 2.75) is 72.5 Å². The van der Waals surface area contributed by atoms with Gasteiger partial charge in [-0.05, 0) is 40.5 Å². The highest BCUT2D eigenvalue weighted by Gasteiger charge is 2.21. The van der Waals surface area contributed by atoms with E-state index in [0.717, 1.165) is 19.4 Å². The molecule has 0 aliphatic rings. The third kappa shape index (κ3) is 12.1. The second-order valence-corrected chi connectivity index (χ2v) is 5.17. The van der Waals surface area contributed by atoms with Gasteiger partial charge in [-0.15, -0.1) is 0 Å². The fourth-order valence-electron chi connectivity index (χ4n) is 1.08. The van der Waals surface area contributed by atoms with Crippen LogP contribution >= 0.6 is 0 Å². The third-order valence-electron chi connectivity index (χ3n) is 2.39. The Bertz CT molecular complexity index is 168. The van der Waals surface area contributed by atoms with Gasteiger partial charge in [0.25, 0.3) is 0 Å².